The quantitative estimate of drug-likeness (QED) is 0.255. The van der Waals surface area contributed by atoms with E-state index < -0.39 is 0 Å². The van der Waals surface area contributed by atoms with Crippen molar-refractivity contribution in [3.63, 3.8) is 0 Å². The van der Waals surface area contributed by atoms with E-state index in [1.165, 1.54) is 108 Å². The maximum Gasteiger partial charge on any atom is 0.0206 e. The van der Waals surface area contributed by atoms with E-state index in [9.17, 15) is 0 Å². The zero-order valence-electron chi connectivity index (χ0n) is 21.1. The Morgan fingerprint density at radius 2 is 1.47 bits per heavy atom. The molecule has 2 saturated carbocycles. The van der Waals surface area contributed by atoms with E-state index in [1.54, 1.807) is 5.56 Å². The van der Waals surface area contributed by atoms with E-state index in [1.807, 2.05) is 0 Å². The largest absolute Gasteiger partial charge is 0.0951 e. The molecule has 0 unspecified atom stereocenters. The van der Waals surface area contributed by atoms with Crippen molar-refractivity contribution in [2.45, 2.75) is 122 Å². The Hall–Kier alpha value is -1.48. The van der Waals surface area contributed by atoms with Crippen molar-refractivity contribution in [1.82, 2.24) is 0 Å². The summed E-state index contributed by atoms with van der Waals surface area (Å²) in [4.78, 5) is 0. The summed E-state index contributed by atoms with van der Waals surface area (Å²) < 4.78 is 0. The summed E-state index contributed by atoms with van der Waals surface area (Å²) in [6.07, 6.45) is 26.3. The van der Waals surface area contributed by atoms with Gasteiger partial charge < -0.3 is 0 Å². The van der Waals surface area contributed by atoms with Crippen LogP contribution in [0.2, 0.25) is 0 Å². The van der Waals surface area contributed by atoms with E-state index in [0.29, 0.717) is 5.92 Å². The van der Waals surface area contributed by atoms with Crippen LogP contribution in [0.3, 0.4) is 0 Å². The Morgan fingerprint density at radius 3 is 2.16 bits per heavy atom. The van der Waals surface area contributed by atoms with Gasteiger partial charge in [-0.2, -0.15) is 0 Å². The van der Waals surface area contributed by atoms with Crippen LogP contribution in [0.4, 0.5) is 0 Å². The van der Waals surface area contributed by atoms with Gasteiger partial charge in [-0.1, -0.05) is 94.6 Å². The smallest absolute Gasteiger partial charge is 0.0206 e. The molecule has 0 aromatic heterocycles. The maximum atomic E-state index is 3.58. The molecule has 0 bridgehead atoms. The second kappa shape index (κ2) is 14.6. The minimum absolute atomic E-state index is 0.610. The average Bonchev–Trinajstić information content (AvgIpc) is 2.84. The van der Waals surface area contributed by atoms with Crippen LogP contribution in [0.25, 0.3) is 0 Å². The zero-order valence-corrected chi connectivity index (χ0v) is 21.1. The molecule has 176 valence electrons. The van der Waals surface area contributed by atoms with Gasteiger partial charge in [0.2, 0.25) is 0 Å². The highest BCUT2D eigenvalue weighted by Crippen LogP contribution is 2.36. The molecule has 0 atom stereocenters. The van der Waals surface area contributed by atoms with Gasteiger partial charge in [-0.15, -0.1) is 0 Å². The molecule has 0 heteroatoms. The normalized spacial score (nSPS) is 26.1. The van der Waals surface area contributed by atoms with Crippen LogP contribution in [-0.4, -0.2) is 0 Å². The predicted octanol–water partition coefficient (Wildman–Crippen LogP) is 9.64. The Kier molecular flexibility index (Phi) is 11.5. The molecule has 32 heavy (non-hydrogen) atoms. The molecular weight excluding hydrogens is 384 g/mol. The van der Waals surface area contributed by atoms with Crippen molar-refractivity contribution in [2.75, 3.05) is 0 Å². The summed E-state index contributed by atoms with van der Waals surface area (Å²) in [5.74, 6) is 10.1. The van der Waals surface area contributed by atoms with Crippen LogP contribution in [-0.2, 0) is 6.42 Å². The van der Waals surface area contributed by atoms with Gasteiger partial charge in [0.05, 0.1) is 0 Å². The second-order valence-corrected chi connectivity index (χ2v) is 10.7. The monoisotopic (exact) mass is 432 g/mol. The second-order valence-electron chi connectivity index (χ2n) is 10.7. The summed E-state index contributed by atoms with van der Waals surface area (Å²) in [5.41, 5.74) is 3.07. The lowest BCUT2D eigenvalue weighted by Crippen LogP contribution is -2.13. The fourth-order valence-electron chi connectivity index (χ4n) is 5.81. The lowest BCUT2D eigenvalue weighted by Gasteiger charge is -2.26. The van der Waals surface area contributed by atoms with Crippen LogP contribution < -0.4 is 0 Å². The Bertz CT molecular complexity index is 697. The Labute approximate surface area is 199 Å². The molecule has 2 aliphatic rings. The van der Waals surface area contributed by atoms with Crippen molar-refractivity contribution in [2.24, 2.45) is 17.8 Å². The lowest BCUT2D eigenvalue weighted by atomic mass is 9.78. The summed E-state index contributed by atoms with van der Waals surface area (Å²) in [5, 5.41) is 0. The Morgan fingerprint density at radius 1 is 0.781 bits per heavy atom. The highest BCUT2D eigenvalue weighted by atomic mass is 14.3. The third-order valence-corrected chi connectivity index (χ3v) is 8.09. The fourth-order valence-corrected chi connectivity index (χ4v) is 5.81. The lowest BCUT2D eigenvalue weighted by molar-refractivity contribution is 0.289. The third kappa shape index (κ3) is 8.81. The summed E-state index contributed by atoms with van der Waals surface area (Å²) >= 11 is 0. The molecule has 0 aliphatic heterocycles. The molecular formula is C32H48. The first-order valence-electron chi connectivity index (χ1n) is 14.0. The first-order valence-corrected chi connectivity index (χ1v) is 14.0. The minimum atomic E-state index is 0.610. The highest BCUT2D eigenvalue weighted by Gasteiger charge is 2.21. The SMILES string of the molecule is CCCCCc1ccc(C2CCC(C#C/C=C/C3CCC(CCCCC)CC3)CC2)cc1. The van der Waals surface area contributed by atoms with E-state index in [-0.39, 0.29) is 0 Å². The molecule has 0 radical (unpaired) electrons. The molecule has 1 aromatic rings. The molecule has 0 saturated heterocycles. The molecule has 0 spiro atoms. The van der Waals surface area contributed by atoms with Crippen molar-refractivity contribution >= 4 is 0 Å². The number of allylic oxidation sites excluding steroid dienone is 2. The van der Waals surface area contributed by atoms with Gasteiger partial charge >= 0.3 is 0 Å². The summed E-state index contributed by atoms with van der Waals surface area (Å²) in [7, 11) is 0. The van der Waals surface area contributed by atoms with Crippen molar-refractivity contribution in [3.05, 3.63) is 47.5 Å². The number of hydrogen-bond donors (Lipinski definition) is 0. The molecule has 0 N–H and O–H groups in total. The average molecular weight is 433 g/mol. The van der Waals surface area contributed by atoms with Gasteiger partial charge in [-0.3, -0.25) is 0 Å². The fraction of sp³-hybridized carbons (Fsp3) is 0.688. The van der Waals surface area contributed by atoms with Crippen LogP contribution in [0.15, 0.2) is 36.4 Å². The topological polar surface area (TPSA) is 0 Å². The van der Waals surface area contributed by atoms with Gasteiger partial charge in [0, 0.05) is 5.92 Å². The van der Waals surface area contributed by atoms with Crippen LogP contribution in [0.5, 0.6) is 0 Å². The van der Waals surface area contributed by atoms with Crippen molar-refractivity contribution in [3.8, 4) is 11.8 Å². The van der Waals surface area contributed by atoms with Crippen LogP contribution >= 0.6 is 0 Å². The van der Waals surface area contributed by atoms with Gasteiger partial charge in [-0.05, 0) is 99.2 Å². The minimum Gasteiger partial charge on any atom is -0.0951 e. The van der Waals surface area contributed by atoms with E-state index >= 15 is 0 Å². The number of unbranched alkanes of at least 4 members (excludes halogenated alkanes) is 4. The predicted molar refractivity (Wildman–Crippen MR) is 141 cm³/mol. The maximum absolute atomic E-state index is 3.58. The van der Waals surface area contributed by atoms with E-state index in [4.69, 9.17) is 0 Å². The number of aryl methyl sites for hydroxylation is 1. The van der Waals surface area contributed by atoms with Crippen molar-refractivity contribution in [1.29, 1.82) is 0 Å². The Balaban J connectivity index is 1.33. The summed E-state index contributed by atoms with van der Waals surface area (Å²) in [6, 6.07) is 9.55. The molecule has 2 fully saturated rings. The number of hydrogen-bond acceptors (Lipinski definition) is 0. The summed E-state index contributed by atoms with van der Waals surface area (Å²) in [6.45, 7) is 4.59. The van der Waals surface area contributed by atoms with Gasteiger partial charge in [0.15, 0.2) is 0 Å². The van der Waals surface area contributed by atoms with Gasteiger partial charge in [0.25, 0.3) is 0 Å². The number of rotatable bonds is 10. The molecule has 3 rings (SSSR count). The highest BCUT2D eigenvalue weighted by molar-refractivity contribution is 5.26. The van der Waals surface area contributed by atoms with E-state index in [0.717, 1.165) is 17.8 Å². The van der Waals surface area contributed by atoms with Crippen molar-refractivity contribution < 1.29 is 0 Å². The zero-order chi connectivity index (χ0) is 22.4. The first-order chi connectivity index (χ1) is 15.8. The molecule has 0 amide bonds. The molecule has 1 aromatic carbocycles. The number of benzene rings is 1. The van der Waals surface area contributed by atoms with Crippen LogP contribution in [0, 0.1) is 29.6 Å². The third-order valence-electron chi connectivity index (χ3n) is 8.09. The molecule has 0 nitrogen and oxygen atoms in total. The van der Waals surface area contributed by atoms with Gasteiger partial charge in [0.1, 0.15) is 0 Å². The first kappa shape index (κ1) is 25.1. The standard InChI is InChI=1S/C32H48/c1-3-5-7-11-27-15-17-28(18-16-27)13-9-10-14-30-21-25-32(26-22-30)31-23-19-29(20-24-31)12-8-6-4-2/h9,13,19-20,23-24,27-28,30,32H,3-8,11-12,15-18,21-22,25-26H2,1-2H3/b13-9+. The molecule has 2 aliphatic carbocycles. The molecule has 0 heterocycles. The van der Waals surface area contributed by atoms with Crippen LogP contribution in [0.1, 0.15) is 127 Å². The van der Waals surface area contributed by atoms with E-state index in [2.05, 4.69) is 62.1 Å². The van der Waals surface area contributed by atoms with Gasteiger partial charge in [-0.25, -0.2) is 0 Å².